The molecule has 0 amide bonds. The van der Waals surface area contributed by atoms with Gasteiger partial charge in [0.05, 0.1) is 16.1 Å². The molecular formula is C13H19NO5S2. The highest BCUT2D eigenvalue weighted by molar-refractivity contribution is 7.89. The van der Waals surface area contributed by atoms with Crippen molar-refractivity contribution in [3.05, 3.63) is 16.3 Å². The molecule has 0 radical (unpaired) electrons. The van der Waals surface area contributed by atoms with Gasteiger partial charge in [-0.2, -0.15) is 4.31 Å². The van der Waals surface area contributed by atoms with Gasteiger partial charge in [-0.25, -0.2) is 13.2 Å². The van der Waals surface area contributed by atoms with E-state index >= 15 is 0 Å². The van der Waals surface area contributed by atoms with Gasteiger partial charge >= 0.3 is 5.97 Å². The molecule has 0 aliphatic carbocycles. The number of nitrogens with zero attached hydrogens (tertiary/aromatic N) is 1. The number of ether oxygens (including phenoxy) is 1. The molecule has 1 N–H and O–H groups in total. The lowest BCUT2D eigenvalue weighted by Gasteiger charge is -2.46. The second-order valence-electron chi connectivity index (χ2n) is 6.35. The number of aromatic carboxylic acids is 1. The Kier molecular flexibility index (Phi) is 3.94. The number of sulfonamides is 1. The van der Waals surface area contributed by atoms with Gasteiger partial charge in [0.2, 0.25) is 10.0 Å². The van der Waals surface area contributed by atoms with Crippen molar-refractivity contribution in [1.29, 1.82) is 0 Å². The van der Waals surface area contributed by atoms with Crippen LogP contribution >= 0.6 is 11.3 Å². The molecule has 1 aromatic heterocycles. The standard InChI is InChI=1S/C13H19NO5S2/c1-12(2)7-14(8-13(3,4)19-12)21(17,18)9-5-10(11(15)16)20-6-9/h5-6H,7-8H2,1-4H3,(H,15,16). The minimum absolute atomic E-state index is 0.0142. The van der Waals surface area contributed by atoms with E-state index in [1.54, 1.807) is 0 Å². The van der Waals surface area contributed by atoms with Crippen LogP contribution in [-0.4, -0.2) is 48.1 Å². The Morgan fingerprint density at radius 1 is 1.29 bits per heavy atom. The average molecular weight is 333 g/mol. The summed E-state index contributed by atoms with van der Waals surface area (Å²) in [5, 5.41) is 10.3. The zero-order chi connectivity index (χ0) is 16.1. The molecule has 0 aromatic carbocycles. The molecule has 118 valence electrons. The van der Waals surface area contributed by atoms with Gasteiger partial charge < -0.3 is 9.84 Å². The summed E-state index contributed by atoms with van der Waals surface area (Å²) < 4.78 is 32.6. The molecule has 0 saturated carbocycles. The second kappa shape index (κ2) is 5.05. The summed E-state index contributed by atoms with van der Waals surface area (Å²) in [6.45, 7) is 7.83. The largest absolute Gasteiger partial charge is 0.477 e. The lowest BCUT2D eigenvalue weighted by molar-refractivity contribution is -0.163. The van der Waals surface area contributed by atoms with Gasteiger partial charge in [-0.3, -0.25) is 0 Å². The van der Waals surface area contributed by atoms with Crippen LogP contribution < -0.4 is 0 Å². The van der Waals surface area contributed by atoms with Crippen molar-refractivity contribution in [1.82, 2.24) is 4.31 Å². The molecule has 0 spiro atoms. The number of hydrogen-bond donors (Lipinski definition) is 1. The van der Waals surface area contributed by atoms with E-state index in [0.717, 1.165) is 11.3 Å². The van der Waals surface area contributed by atoms with E-state index in [1.807, 2.05) is 27.7 Å². The first-order chi connectivity index (χ1) is 9.43. The predicted octanol–water partition coefficient (Wildman–Crippen LogP) is 2.02. The van der Waals surface area contributed by atoms with Gasteiger partial charge in [-0.05, 0) is 33.8 Å². The van der Waals surface area contributed by atoms with E-state index in [4.69, 9.17) is 9.84 Å². The monoisotopic (exact) mass is 333 g/mol. The first-order valence-corrected chi connectivity index (χ1v) is 8.77. The Balaban J connectivity index is 2.36. The molecule has 21 heavy (non-hydrogen) atoms. The van der Waals surface area contributed by atoms with Gasteiger partial charge in [0.1, 0.15) is 4.88 Å². The molecule has 2 heterocycles. The van der Waals surface area contributed by atoms with E-state index in [9.17, 15) is 13.2 Å². The number of carbonyl (C=O) groups is 1. The Hall–Kier alpha value is -0.960. The summed E-state index contributed by atoms with van der Waals surface area (Å²) in [6, 6.07) is 1.21. The zero-order valence-corrected chi connectivity index (χ0v) is 14.0. The van der Waals surface area contributed by atoms with Gasteiger partial charge in [-0.1, -0.05) is 0 Å². The van der Waals surface area contributed by atoms with E-state index in [2.05, 4.69) is 0 Å². The van der Waals surface area contributed by atoms with Crippen LogP contribution in [0.3, 0.4) is 0 Å². The first-order valence-electron chi connectivity index (χ1n) is 6.45. The average Bonchev–Trinajstić information content (AvgIpc) is 2.74. The Labute approximate surface area is 128 Å². The van der Waals surface area contributed by atoms with Gasteiger partial charge in [-0.15, -0.1) is 11.3 Å². The van der Waals surface area contributed by atoms with E-state index in [1.165, 1.54) is 15.8 Å². The third-order valence-corrected chi connectivity index (χ3v) is 5.93. The van der Waals surface area contributed by atoms with Crippen molar-refractivity contribution in [3.8, 4) is 0 Å². The molecule has 8 heteroatoms. The summed E-state index contributed by atoms with van der Waals surface area (Å²) in [7, 11) is -3.72. The lowest BCUT2D eigenvalue weighted by atomic mass is 10.0. The zero-order valence-electron chi connectivity index (χ0n) is 12.4. The van der Waals surface area contributed by atoms with Crippen LogP contribution in [0.1, 0.15) is 37.4 Å². The Bertz CT molecular complexity index is 644. The molecule has 1 aliphatic heterocycles. The van der Waals surface area contributed by atoms with Crippen molar-refractivity contribution >= 4 is 27.3 Å². The van der Waals surface area contributed by atoms with Crippen LogP contribution in [-0.2, 0) is 14.8 Å². The van der Waals surface area contributed by atoms with Gasteiger partial charge in [0, 0.05) is 18.5 Å². The molecule has 0 unspecified atom stereocenters. The molecular weight excluding hydrogens is 314 g/mol. The molecule has 0 atom stereocenters. The maximum atomic E-state index is 12.7. The summed E-state index contributed by atoms with van der Waals surface area (Å²) >= 11 is 0.912. The van der Waals surface area contributed by atoms with Crippen molar-refractivity contribution < 1.29 is 23.1 Å². The molecule has 2 rings (SSSR count). The number of rotatable bonds is 3. The highest BCUT2D eigenvalue weighted by Gasteiger charge is 2.43. The third-order valence-electron chi connectivity index (χ3n) is 3.09. The highest BCUT2D eigenvalue weighted by atomic mass is 32.2. The Morgan fingerprint density at radius 3 is 2.24 bits per heavy atom. The summed E-state index contributed by atoms with van der Waals surface area (Å²) in [5.41, 5.74) is -1.19. The Morgan fingerprint density at radius 2 is 1.81 bits per heavy atom. The molecule has 1 fully saturated rings. The first kappa shape index (κ1) is 16.4. The topological polar surface area (TPSA) is 83.9 Å². The van der Waals surface area contributed by atoms with Gasteiger partial charge in [0.25, 0.3) is 0 Å². The molecule has 1 aromatic rings. The van der Waals surface area contributed by atoms with Crippen LogP contribution in [0.5, 0.6) is 0 Å². The van der Waals surface area contributed by atoms with E-state index < -0.39 is 27.2 Å². The second-order valence-corrected chi connectivity index (χ2v) is 9.20. The van der Waals surface area contributed by atoms with Crippen LogP contribution in [0.2, 0.25) is 0 Å². The molecule has 1 aliphatic rings. The minimum atomic E-state index is -3.72. The number of carboxylic acid groups (broad SMARTS) is 1. The summed E-state index contributed by atoms with van der Waals surface area (Å²) in [5.74, 6) is -1.12. The lowest BCUT2D eigenvalue weighted by Crippen LogP contribution is -2.58. The van der Waals surface area contributed by atoms with Crippen molar-refractivity contribution in [3.63, 3.8) is 0 Å². The normalized spacial score (nSPS) is 22.1. The van der Waals surface area contributed by atoms with Crippen LogP contribution in [0, 0.1) is 0 Å². The number of thiophene rings is 1. The smallest absolute Gasteiger partial charge is 0.345 e. The van der Waals surface area contributed by atoms with Crippen LogP contribution in [0.15, 0.2) is 16.3 Å². The molecule has 1 saturated heterocycles. The van der Waals surface area contributed by atoms with E-state index in [-0.39, 0.29) is 22.9 Å². The third kappa shape index (κ3) is 3.45. The van der Waals surface area contributed by atoms with Gasteiger partial charge in [0.15, 0.2) is 0 Å². The minimum Gasteiger partial charge on any atom is -0.477 e. The quantitative estimate of drug-likeness (QED) is 0.915. The fraction of sp³-hybridized carbons (Fsp3) is 0.615. The van der Waals surface area contributed by atoms with E-state index in [0.29, 0.717) is 0 Å². The SMILES string of the molecule is CC1(C)CN(S(=O)(=O)c2csc(C(=O)O)c2)CC(C)(C)O1. The summed E-state index contributed by atoms with van der Waals surface area (Å²) in [4.78, 5) is 10.9. The van der Waals surface area contributed by atoms with Crippen LogP contribution in [0.25, 0.3) is 0 Å². The molecule has 6 nitrogen and oxygen atoms in total. The van der Waals surface area contributed by atoms with Crippen LogP contribution in [0.4, 0.5) is 0 Å². The van der Waals surface area contributed by atoms with Crippen molar-refractivity contribution in [2.24, 2.45) is 0 Å². The highest BCUT2D eigenvalue weighted by Crippen LogP contribution is 2.32. The molecule has 0 bridgehead atoms. The van der Waals surface area contributed by atoms with Crippen molar-refractivity contribution in [2.45, 2.75) is 43.8 Å². The fourth-order valence-electron chi connectivity index (χ4n) is 2.60. The number of hydrogen-bond acceptors (Lipinski definition) is 5. The number of morpholine rings is 1. The maximum Gasteiger partial charge on any atom is 0.345 e. The maximum absolute atomic E-state index is 12.7. The fourth-order valence-corrected chi connectivity index (χ4v) is 5.44. The number of carboxylic acids is 1. The summed E-state index contributed by atoms with van der Waals surface area (Å²) in [6.07, 6.45) is 0. The predicted molar refractivity (Wildman–Crippen MR) is 79.3 cm³/mol. The van der Waals surface area contributed by atoms with Crippen molar-refractivity contribution in [2.75, 3.05) is 13.1 Å².